The minimum Gasteiger partial charge on any atom is -0.369 e. The molecule has 0 unspecified atom stereocenters. The number of nitrogens with zero attached hydrogens (tertiary/aromatic N) is 5. The summed E-state index contributed by atoms with van der Waals surface area (Å²) in [5.41, 5.74) is 16.0. The van der Waals surface area contributed by atoms with Crippen LogP contribution in [0, 0.1) is 0 Å². The first-order valence-corrected chi connectivity index (χ1v) is 9.43. The van der Waals surface area contributed by atoms with Crippen LogP contribution in [0.3, 0.4) is 0 Å². The van der Waals surface area contributed by atoms with Crippen LogP contribution >= 0.6 is 0 Å². The van der Waals surface area contributed by atoms with E-state index in [0.717, 1.165) is 0 Å². The van der Waals surface area contributed by atoms with Crippen molar-refractivity contribution in [3.63, 3.8) is 0 Å². The van der Waals surface area contributed by atoms with Gasteiger partial charge in [0.25, 0.3) is 5.91 Å². The van der Waals surface area contributed by atoms with Gasteiger partial charge in [0, 0.05) is 52.4 Å². The van der Waals surface area contributed by atoms with Crippen molar-refractivity contribution < 1.29 is 19.2 Å². The highest BCUT2D eigenvalue weighted by molar-refractivity contribution is 5.82. The summed E-state index contributed by atoms with van der Waals surface area (Å²) in [6.07, 6.45) is 0. The fraction of sp³-hybridized carbons (Fsp3) is 0.706. The van der Waals surface area contributed by atoms with E-state index >= 15 is 0 Å². The van der Waals surface area contributed by atoms with Gasteiger partial charge in [0.15, 0.2) is 0 Å². The Morgan fingerprint density at radius 2 is 0.828 bits per heavy atom. The van der Waals surface area contributed by atoms with E-state index in [1.54, 1.807) is 0 Å². The van der Waals surface area contributed by atoms with E-state index in [0.29, 0.717) is 52.4 Å². The van der Waals surface area contributed by atoms with Gasteiger partial charge in [-0.3, -0.25) is 38.8 Å². The summed E-state index contributed by atoms with van der Waals surface area (Å²) >= 11 is 0. The first kappa shape index (κ1) is 24.6. The number of amides is 4. The summed E-state index contributed by atoms with van der Waals surface area (Å²) < 4.78 is 0. The third kappa shape index (κ3) is 11.2. The number of rotatable bonds is 8. The quantitative estimate of drug-likeness (QED) is 0.337. The van der Waals surface area contributed by atoms with Gasteiger partial charge in [0.1, 0.15) is 0 Å². The second-order valence-electron chi connectivity index (χ2n) is 7.06. The van der Waals surface area contributed by atoms with Crippen LogP contribution in [0.25, 0.3) is 0 Å². The molecule has 0 aromatic rings. The smallest absolute Gasteiger partial charge is 0.259 e. The van der Waals surface area contributed by atoms with Crippen molar-refractivity contribution in [2.75, 3.05) is 78.5 Å². The standard InChI is InChI=1S/C17H32N8O4/c1-21-17(29)13-25-8-6-23(11-15(19)27)4-2-22(10-14(18)26)3-5-24(7-9-25)12-16(20)28/h1-13H2,(H2,18,26)(H2,19,27)(H2,20,28). The minimum atomic E-state index is -0.457. The molecular formula is C17H32N8O4. The molecule has 0 aromatic carbocycles. The van der Waals surface area contributed by atoms with Crippen molar-refractivity contribution in [3.8, 4) is 0 Å². The van der Waals surface area contributed by atoms with E-state index in [1.807, 2.05) is 19.6 Å². The largest absolute Gasteiger partial charge is 0.369 e. The molecule has 4 amide bonds. The van der Waals surface area contributed by atoms with E-state index in [4.69, 9.17) is 17.2 Å². The number of nitrogens with two attached hydrogens (primary N) is 3. The number of aliphatic imine (C=N–C) groups is 1. The first-order valence-electron chi connectivity index (χ1n) is 9.43. The van der Waals surface area contributed by atoms with Crippen LogP contribution in [-0.2, 0) is 19.2 Å². The summed E-state index contributed by atoms with van der Waals surface area (Å²) in [4.78, 5) is 56.9. The van der Waals surface area contributed by atoms with Crippen molar-refractivity contribution in [1.82, 2.24) is 19.6 Å². The summed E-state index contributed by atoms with van der Waals surface area (Å²) in [5.74, 6) is -1.72. The van der Waals surface area contributed by atoms with Crippen LogP contribution in [0.4, 0.5) is 0 Å². The number of carbonyl (C=O) groups is 4. The first-order chi connectivity index (χ1) is 13.7. The summed E-state index contributed by atoms with van der Waals surface area (Å²) in [6, 6.07) is 0. The molecule has 1 aliphatic heterocycles. The highest BCUT2D eigenvalue weighted by atomic mass is 16.2. The highest BCUT2D eigenvalue weighted by Gasteiger charge is 2.19. The molecular weight excluding hydrogens is 380 g/mol. The van der Waals surface area contributed by atoms with E-state index < -0.39 is 17.7 Å². The molecule has 1 rings (SSSR count). The normalized spacial score (nSPS) is 19.0. The van der Waals surface area contributed by atoms with Crippen LogP contribution in [0.5, 0.6) is 0 Å². The minimum absolute atomic E-state index is 0.0692. The average molecular weight is 412 g/mol. The number of carbonyl (C=O) groups excluding carboxylic acids is 4. The SMILES string of the molecule is C=NC(=O)CN1CCN(CC(N)=O)CCN(CC(N)=O)CCN(CC(N)=O)CC1. The zero-order valence-electron chi connectivity index (χ0n) is 16.8. The Kier molecular flexibility index (Phi) is 11.0. The lowest BCUT2D eigenvalue weighted by atomic mass is 10.3. The van der Waals surface area contributed by atoms with Crippen LogP contribution in [0.2, 0.25) is 0 Å². The molecule has 0 aromatic heterocycles. The van der Waals surface area contributed by atoms with Gasteiger partial charge in [-0.25, -0.2) is 4.99 Å². The summed E-state index contributed by atoms with van der Waals surface area (Å²) in [6.45, 7) is 7.51. The molecule has 164 valence electrons. The Hall–Kier alpha value is -2.41. The Morgan fingerprint density at radius 3 is 1.03 bits per heavy atom. The van der Waals surface area contributed by atoms with Crippen molar-refractivity contribution >= 4 is 30.3 Å². The Balaban J connectivity index is 2.93. The van der Waals surface area contributed by atoms with Crippen LogP contribution in [-0.4, -0.2) is 128 Å². The van der Waals surface area contributed by atoms with Gasteiger partial charge >= 0.3 is 0 Å². The molecule has 1 heterocycles. The van der Waals surface area contributed by atoms with Gasteiger partial charge in [-0.1, -0.05) is 0 Å². The van der Waals surface area contributed by atoms with Gasteiger partial charge in [0.05, 0.1) is 26.2 Å². The predicted molar refractivity (Wildman–Crippen MR) is 108 cm³/mol. The Labute approximate surface area is 170 Å². The molecule has 0 bridgehead atoms. The number of primary amides is 3. The average Bonchev–Trinajstić information content (AvgIpc) is 2.62. The molecule has 12 nitrogen and oxygen atoms in total. The maximum atomic E-state index is 11.7. The summed E-state index contributed by atoms with van der Waals surface area (Å²) in [5, 5.41) is 0. The zero-order chi connectivity index (χ0) is 21.8. The number of hydrogen-bond donors (Lipinski definition) is 3. The molecule has 29 heavy (non-hydrogen) atoms. The fourth-order valence-corrected chi connectivity index (χ4v) is 3.11. The van der Waals surface area contributed by atoms with Crippen LogP contribution in [0.15, 0.2) is 4.99 Å². The molecule has 0 aliphatic carbocycles. The second-order valence-corrected chi connectivity index (χ2v) is 7.06. The summed E-state index contributed by atoms with van der Waals surface area (Å²) in [7, 11) is 0. The van der Waals surface area contributed by atoms with Crippen molar-refractivity contribution in [2.24, 2.45) is 22.2 Å². The predicted octanol–water partition coefficient (Wildman–Crippen LogP) is -4.11. The molecule has 1 saturated heterocycles. The fourth-order valence-electron chi connectivity index (χ4n) is 3.11. The van der Waals surface area contributed by atoms with Crippen molar-refractivity contribution in [2.45, 2.75) is 0 Å². The lowest BCUT2D eigenvalue weighted by Crippen LogP contribution is -2.50. The van der Waals surface area contributed by atoms with E-state index in [1.165, 1.54) is 0 Å². The zero-order valence-corrected chi connectivity index (χ0v) is 16.8. The lowest BCUT2D eigenvalue weighted by molar-refractivity contribution is -0.121. The topological polar surface area (TPSA) is 172 Å². The van der Waals surface area contributed by atoms with Crippen molar-refractivity contribution in [3.05, 3.63) is 0 Å². The third-order valence-electron chi connectivity index (χ3n) is 4.60. The lowest BCUT2D eigenvalue weighted by Gasteiger charge is -2.33. The maximum Gasteiger partial charge on any atom is 0.259 e. The van der Waals surface area contributed by atoms with Gasteiger partial charge in [-0.05, 0) is 6.72 Å². The van der Waals surface area contributed by atoms with Gasteiger partial charge in [0.2, 0.25) is 17.7 Å². The molecule has 0 spiro atoms. The molecule has 0 saturated carbocycles. The van der Waals surface area contributed by atoms with Gasteiger partial charge < -0.3 is 17.2 Å². The number of hydrogen-bond acceptors (Lipinski definition) is 8. The van der Waals surface area contributed by atoms with Crippen molar-refractivity contribution in [1.29, 1.82) is 0 Å². The highest BCUT2D eigenvalue weighted by Crippen LogP contribution is 2.01. The van der Waals surface area contributed by atoms with Crippen LogP contribution < -0.4 is 17.2 Å². The maximum absolute atomic E-state index is 11.7. The third-order valence-corrected chi connectivity index (χ3v) is 4.60. The molecule has 0 atom stereocenters. The Morgan fingerprint density at radius 1 is 0.586 bits per heavy atom. The molecule has 1 aliphatic rings. The van der Waals surface area contributed by atoms with E-state index in [2.05, 4.69) is 11.7 Å². The molecule has 6 N–H and O–H groups in total. The van der Waals surface area contributed by atoms with E-state index in [-0.39, 0.29) is 32.1 Å². The van der Waals surface area contributed by atoms with Gasteiger partial charge in [-0.15, -0.1) is 0 Å². The monoisotopic (exact) mass is 412 g/mol. The molecule has 0 radical (unpaired) electrons. The second kappa shape index (κ2) is 12.9. The van der Waals surface area contributed by atoms with Crippen LogP contribution in [0.1, 0.15) is 0 Å². The molecule has 12 heteroatoms. The van der Waals surface area contributed by atoms with Gasteiger partial charge in [-0.2, -0.15) is 0 Å². The Bertz CT molecular complexity index is 568. The van der Waals surface area contributed by atoms with E-state index in [9.17, 15) is 19.2 Å². The molecule has 1 fully saturated rings.